The first kappa shape index (κ1) is 16.0. The average Bonchev–Trinajstić information content (AvgIpc) is 2.92. The molecule has 7 heteroatoms. The van der Waals surface area contributed by atoms with Gasteiger partial charge in [0.1, 0.15) is 5.75 Å². The van der Waals surface area contributed by atoms with E-state index in [0.717, 1.165) is 11.3 Å². The zero-order valence-electron chi connectivity index (χ0n) is 13.7. The fourth-order valence-corrected chi connectivity index (χ4v) is 2.77. The number of amides is 1. The molecule has 1 aliphatic rings. The van der Waals surface area contributed by atoms with E-state index < -0.39 is 12.1 Å². The number of hydrogen-bond acceptors (Lipinski definition) is 5. The van der Waals surface area contributed by atoms with Gasteiger partial charge in [0.25, 0.3) is 0 Å². The van der Waals surface area contributed by atoms with Gasteiger partial charge in [0, 0.05) is 31.3 Å². The maximum absolute atomic E-state index is 12.4. The molecular weight excluding hydrogens is 310 g/mol. The molecule has 0 atom stereocenters. The monoisotopic (exact) mass is 329 g/mol. The maximum atomic E-state index is 12.4. The Hall–Kier alpha value is -2.83. The molecule has 0 radical (unpaired) electrons. The highest BCUT2D eigenvalue weighted by Crippen LogP contribution is 2.23. The van der Waals surface area contributed by atoms with Crippen molar-refractivity contribution in [2.75, 3.05) is 13.2 Å². The third kappa shape index (κ3) is 3.10. The molecule has 0 N–H and O–H groups in total. The fraction of sp³-hybridized carbons (Fsp3) is 0.353. The predicted octanol–water partition coefficient (Wildman–Crippen LogP) is 2.15. The number of esters is 1. The topological polar surface area (TPSA) is 73.7 Å². The molecule has 0 fully saturated rings. The smallest absolute Gasteiger partial charge is 0.415 e. The normalized spacial score (nSPS) is 13.3. The molecular formula is C17H19N3O4. The zero-order chi connectivity index (χ0) is 17.1. The number of ether oxygens (including phenoxy) is 2. The summed E-state index contributed by atoms with van der Waals surface area (Å²) in [5.41, 5.74) is 1.94. The van der Waals surface area contributed by atoms with Gasteiger partial charge >= 0.3 is 12.1 Å². The molecule has 0 saturated carbocycles. The minimum Gasteiger partial charge on any atom is -0.461 e. The van der Waals surface area contributed by atoms with Gasteiger partial charge in [0.05, 0.1) is 13.2 Å². The molecule has 7 nitrogen and oxygen atoms in total. The van der Waals surface area contributed by atoms with Crippen molar-refractivity contribution >= 4 is 12.1 Å². The lowest BCUT2D eigenvalue weighted by Crippen LogP contribution is -2.38. The molecule has 0 saturated heterocycles. The lowest BCUT2D eigenvalue weighted by atomic mass is 10.1. The van der Waals surface area contributed by atoms with Gasteiger partial charge in [0.2, 0.25) is 0 Å². The van der Waals surface area contributed by atoms with E-state index in [1.807, 2.05) is 6.07 Å². The molecule has 0 spiro atoms. The summed E-state index contributed by atoms with van der Waals surface area (Å²) in [5, 5.41) is 4.25. The van der Waals surface area contributed by atoms with E-state index in [1.54, 1.807) is 47.8 Å². The first-order chi connectivity index (χ1) is 11.6. The van der Waals surface area contributed by atoms with Crippen LogP contribution in [-0.4, -0.2) is 39.9 Å². The van der Waals surface area contributed by atoms with E-state index in [4.69, 9.17) is 9.47 Å². The standard InChI is InChI=1S/C17H19N3O4/c1-3-23-16(21)15-13-11-20(10-9-14(13)19(2)18-15)17(22)24-12-7-5-4-6-8-12/h4-8H,3,9-11H2,1-2H3. The van der Waals surface area contributed by atoms with Crippen LogP contribution in [0.1, 0.15) is 28.7 Å². The van der Waals surface area contributed by atoms with Crippen molar-refractivity contribution in [1.29, 1.82) is 0 Å². The van der Waals surface area contributed by atoms with Crippen molar-refractivity contribution in [1.82, 2.24) is 14.7 Å². The number of rotatable bonds is 3. The van der Waals surface area contributed by atoms with Crippen LogP contribution >= 0.6 is 0 Å². The van der Waals surface area contributed by atoms with Crippen molar-refractivity contribution in [3.63, 3.8) is 0 Å². The molecule has 0 aliphatic carbocycles. The van der Waals surface area contributed by atoms with Crippen LogP contribution in [-0.2, 0) is 24.8 Å². The molecule has 126 valence electrons. The number of fused-ring (bicyclic) bond motifs is 1. The lowest BCUT2D eigenvalue weighted by molar-refractivity contribution is 0.0515. The van der Waals surface area contributed by atoms with Crippen LogP contribution in [0.15, 0.2) is 30.3 Å². The largest absolute Gasteiger partial charge is 0.461 e. The Balaban J connectivity index is 1.78. The highest BCUT2D eigenvalue weighted by Gasteiger charge is 2.30. The molecule has 1 aliphatic heterocycles. The first-order valence-electron chi connectivity index (χ1n) is 7.83. The molecule has 1 amide bonds. The number of carbonyl (C=O) groups excluding carboxylic acids is 2. The van der Waals surface area contributed by atoms with E-state index in [0.29, 0.717) is 18.7 Å². The molecule has 2 heterocycles. The van der Waals surface area contributed by atoms with E-state index in [1.165, 1.54) is 0 Å². The van der Waals surface area contributed by atoms with Gasteiger partial charge in [-0.1, -0.05) is 18.2 Å². The third-order valence-corrected chi connectivity index (χ3v) is 3.92. The number of carbonyl (C=O) groups is 2. The number of para-hydroxylation sites is 1. The quantitative estimate of drug-likeness (QED) is 0.807. The average molecular weight is 329 g/mol. The Morgan fingerprint density at radius 1 is 1.25 bits per heavy atom. The number of nitrogens with zero attached hydrogens (tertiary/aromatic N) is 3. The Kier molecular flexibility index (Phi) is 4.50. The lowest BCUT2D eigenvalue weighted by Gasteiger charge is -2.26. The van der Waals surface area contributed by atoms with Crippen molar-refractivity contribution < 1.29 is 19.1 Å². The van der Waals surface area contributed by atoms with Gasteiger partial charge in [-0.2, -0.15) is 5.10 Å². The SMILES string of the molecule is CCOC(=O)c1nn(C)c2c1CN(C(=O)Oc1ccccc1)CC2. The molecule has 0 bridgehead atoms. The minimum atomic E-state index is -0.465. The van der Waals surface area contributed by atoms with Crippen molar-refractivity contribution in [3.05, 3.63) is 47.3 Å². The minimum absolute atomic E-state index is 0.270. The van der Waals surface area contributed by atoms with Crippen molar-refractivity contribution in [2.24, 2.45) is 7.05 Å². The van der Waals surface area contributed by atoms with Gasteiger partial charge in [-0.05, 0) is 19.1 Å². The summed E-state index contributed by atoms with van der Waals surface area (Å²) in [7, 11) is 1.79. The number of aromatic nitrogens is 2. The number of benzene rings is 1. The number of hydrogen-bond donors (Lipinski definition) is 0. The summed E-state index contributed by atoms with van der Waals surface area (Å²) >= 11 is 0. The third-order valence-electron chi connectivity index (χ3n) is 3.92. The van der Waals surface area contributed by atoms with Crippen LogP contribution in [0.2, 0.25) is 0 Å². The van der Waals surface area contributed by atoms with E-state index in [-0.39, 0.29) is 18.8 Å². The Bertz CT molecular complexity index is 755. The van der Waals surface area contributed by atoms with Crippen LogP contribution in [0.25, 0.3) is 0 Å². The van der Waals surface area contributed by atoms with E-state index in [9.17, 15) is 9.59 Å². The van der Waals surface area contributed by atoms with Gasteiger partial charge in [0.15, 0.2) is 5.69 Å². The van der Waals surface area contributed by atoms with Gasteiger partial charge in [-0.25, -0.2) is 9.59 Å². The van der Waals surface area contributed by atoms with E-state index in [2.05, 4.69) is 5.10 Å². The second-order valence-corrected chi connectivity index (χ2v) is 5.47. The highest BCUT2D eigenvalue weighted by molar-refractivity contribution is 5.89. The molecule has 3 rings (SSSR count). The summed E-state index contributed by atoms with van der Waals surface area (Å²) < 4.78 is 12.1. The molecule has 1 aromatic heterocycles. The fourth-order valence-electron chi connectivity index (χ4n) is 2.77. The Labute approximate surface area is 139 Å². The van der Waals surface area contributed by atoms with Crippen LogP contribution in [0.5, 0.6) is 5.75 Å². The van der Waals surface area contributed by atoms with Gasteiger partial charge < -0.3 is 14.4 Å². The molecule has 0 unspecified atom stereocenters. The van der Waals surface area contributed by atoms with Gasteiger partial charge in [-0.15, -0.1) is 0 Å². The molecule has 24 heavy (non-hydrogen) atoms. The summed E-state index contributed by atoms with van der Waals surface area (Å²) in [6.45, 7) is 2.82. The predicted molar refractivity (Wildman–Crippen MR) is 85.7 cm³/mol. The summed E-state index contributed by atoms with van der Waals surface area (Å²) in [6.07, 6.45) is 0.174. The first-order valence-corrected chi connectivity index (χ1v) is 7.83. The second kappa shape index (κ2) is 6.74. The van der Waals surface area contributed by atoms with Gasteiger partial charge in [-0.3, -0.25) is 4.68 Å². The zero-order valence-corrected chi connectivity index (χ0v) is 13.7. The summed E-state index contributed by atoms with van der Waals surface area (Å²) in [6, 6.07) is 8.91. The van der Waals surface area contributed by atoms with E-state index >= 15 is 0 Å². The highest BCUT2D eigenvalue weighted by atomic mass is 16.6. The van der Waals surface area contributed by atoms with Crippen molar-refractivity contribution in [3.8, 4) is 5.75 Å². The van der Waals surface area contributed by atoms with Crippen LogP contribution in [0.3, 0.4) is 0 Å². The Morgan fingerprint density at radius 3 is 2.71 bits per heavy atom. The van der Waals surface area contributed by atoms with Crippen LogP contribution in [0.4, 0.5) is 4.79 Å². The summed E-state index contributed by atoms with van der Waals surface area (Å²) in [5.74, 6) is 0.0257. The number of aryl methyl sites for hydroxylation is 1. The van der Waals surface area contributed by atoms with Crippen molar-refractivity contribution in [2.45, 2.75) is 19.9 Å². The Morgan fingerprint density at radius 2 is 2.00 bits per heavy atom. The second-order valence-electron chi connectivity index (χ2n) is 5.47. The van der Waals surface area contributed by atoms with Crippen LogP contribution in [0, 0.1) is 0 Å². The molecule has 2 aromatic rings. The maximum Gasteiger partial charge on any atom is 0.415 e. The van der Waals surface area contributed by atoms with Crippen LogP contribution < -0.4 is 4.74 Å². The summed E-state index contributed by atoms with van der Waals surface area (Å²) in [4.78, 5) is 26.0. The molecule has 1 aromatic carbocycles.